The molecule has 1 aromatic rings. The van der Waals surface area contributed by atoms with Crippen molar-refractivity contribution in [2.75, 3.05) is 6.54 Å². The molecule has 2 atom stereocenters. The summed E-state index contributed by atoms with van der Waals surface area (Å²) in [5.74, 6) is -0.640. The Bertz CT molecular complexity index is 415. The second-order valence-corrected chi connectivity index (χ2v) is 6.86. The minimum atomic E-state index is -0.619. The van der Waals surface area contributed by atoms with Crippen LogP contribution in [0.25, 0.3) is 0 Å². The first kappa shape index (κ1) is 17.4. The Morgan fingerprint density at radius 3 is 2.15 bits per heavy atom. The number of nitrogens with one attached hydrogen (secondary N) is 1. The van der Waals surface area contributed by atoms with Crippen molar-refractivity contribution in [2.45, 2.75) is 50.5 Å². The van der Waals surface area contributed by atoms with Gasteiger partial charge in [-0.05, 0) is 37.1 Å². The molecule has 20 heavy (non-hydrogen) atoms. The summed E-state index contributed by atoms with van der Waals surface area (Å²) in [5, 5.41) is 12.3. The zero-order chi connectivity index (χ0) is 15.3. The maximum Gasteiger partial charge on any atom is 0.140 e. The lowest BCUT2D eigenvalue weighted by atomic mass is 10.2. The molecule has 0 bridgehead atoms. The van der Waals surface area contributed by atoms with E-state index in [1.807, 2.05) is 0 Å². The van der Waals surface area contributed by atoms with Crippen LogP contribution in [0.3, 0.4) is 0 Å². The van der Waals surface area contributed by atoms with Gasteiger partial charge in [-0.15, -0.1) is 11.8 Å². The van der Waals surface area contributed by atoms with Gasteiger partial charge in [-0.25, -0.2) is 8.78 Å². The van der Waals surface area contributed by atoms with Crippen LogP contribution in [0.5, 0.6) is 0 Å². The lowest BCUT2D eigenvalue weighted by Gasteiger charge is -2.16. The molecule has 2 nitrogen and oxygen atoms in total. The van der Waals surface area contributed by atoms with Crippen LogP contribution >= 0.6 is 11.8 Å². The normalized spacial score (nSPS) is 14.6. The summed E-state index contributed by atoms with van der Waals surface area (Å²) < 4.78 is 27.9. The molecule has 0 saturated carbocycles. The van der Waals surface area contributed by atoms with Gasteiger partial charge in [-0.3, -0.25) is 0 Å². The first-order valence-electron chi connectivity index (χ1n) is 6.84. The van der Waals surface area contributed by atoms with Crippen LogP contribution in [0.4, 0.5) is 8.78 Å². The van der Waals surface area contributed by atoms with Gasteiger partial charge in [0.05, 0.1) is 11.0 Å². The molecule has 114 valence electrons. The van der Waals surface area contributed by atoms with Crippen molar-refractivity contribution < 1.29 is 13.9 Å². The largest absolute Gasteiger partial charge is 0.392 e. The van der Waals surface area contributed by atoms with E-state index in [1.54, 1.807) is 13.8 Å². The van der Waals surface area contributed by atoms with Crippen LogP contribution in [0.15, 0.2) is 17.0 Å². The van der Waals surface area contributed by atoms with E-state index in [9.17, 15) is 13.9 Å². The zero-order valence-electron chi connectivity index (χ0n) is 12.4. The molecule has 0 amide bonds. The van der Waals surface area contributed by atoms with Gasteiger partial charge >= 0.3 is 0 Å². The van der Waals surface area contributed by atoms with E-state index in [0.29, 0.717) is 18.0 Å². The predicted octanol–water partition coefficient (Wildman–Crippen LogP) is 3.57. The average Bonchev–Trinajstić information content (AvgIpc) is 2.32. The number of aliphatic hydroxyl groups excluding tert-OH is 1. The summed E-state index contributed by atoms with van der Waals surface area (Å²) in [6.45, 7) is 8.75. The molecular weight excluding hydrogens is 280 g/mol. The van der Waals surface area contributed by atoms with Crippen LogP contribution < -0.4 is 5.32 Å². The van der Waals surface area contributed by atoms with Crippen LogP contribution in [-0.4, -0.2) is 23.0 Å². The van der Waals surface area contributed by atoms with Gasteiger partial charge < -0.3 is 10.4 Å². The Kier molecular flexibility index (Phi) is 6.92. The monoisotopic (exact) mass is 303 g/mol. The Balaban J connectivity index is 2.76. The highest BCUT2D eigenvalue weighted by Gasteiger charge is 2.17. The van der Waals surface area contributed by atoms with Crippen molar-refractivity contribution in [1.82, 2.24) is 5.32 Å². The number of rotatable bonds is 7. The molecule has 0 aliphatic carbocycles. The Hall–Kier alpha value is -0.650. The van der Waals surface area contributed by atoms with E-state index in [4.69, 9.17) is 0 Å². The Labute approximate surface area is 124 Å². The van der Waals surface area contributed by atoms with E-state index >= 15 is 0 Å². The quantitative estimate of drug-likeness (QED) is 0.755. The Morgan fingerprint density at radius 2 is 1.70 bits per heavy atom. The maximum absolute atomic E-state index is 14.0. The number of hydrogen-bond donors (Lipinski definition) is 2. The summed E-state index contributed by atoms with van der Waals surface area (Å²) >= 11 is 1.02. The van der Waals surface area contributed by atoms with Crippen molar-refractivity contribution in [1.29, 1.82) is 0 Å². The minimum absolute atomic E-state index is 0.0222. The highest BCUT2D eigenvalue weighted by molar-refractivity contribution is 8.00. The van der Waals surface area contributed by atoms with Crippen molar-refractivity contribution in [3.8, 4) is 0 Å². The summed E-state index contributed by atoms with van der Waals surface area (Å²) in [5.41, 5.74) is 0.592. The van der Waals surface area contributed by atoms with Gasteiger partial charge in [0.25, 0.3) is 0 Å². The summed E-state index contributed by atoms with van der Waals surface area (Å²) in [6.07, 6.45) is -0.619. The lowest BCUT2D eigenvalue weighted by Crippen LogP contribution is -2.19. The van der Waals surface area contributed by atoms with Gasteiger partial charge in [0.15, 0.2) is 0 Å². The molecule has 0 saturated heterocycles. The van der Waals surface area contributed by atoms with Gasteiger partial charge in [0.1, 0.15) is 11.6 Å². The minimum Gasteiger partial charge on any atom is -0.392 e. The van der Waals surface area contributed by atoms with Crippen molar-refractivity contribution in [2.24, 2.45) is 5.92 Å². The highest BCUT2D eigenvalue weighted by atomic mass is 32.2. The van der Waals surface area contributed by atoms with Crippen molar-refractivity contribution >= 4 is 11.8 Å². The molecular formula is C15H23F2NOS. The average molecular weight is 303 g/mol. The smallest absolute Gasteiger partial charge is 0.140 e. The van der Waals surface area contributed by atoms with Gasteiger partial charge in [-0.2, -0.15) is 0 Å². The topological polar surface area (TPSA) is 32.3 Å². The third-order valence-electron chi connectivity index (χ3n) is 2.92. The fraction of sp³-hybridized carbons (Fsp3) is 0.600. The molecule has 0 aromatic heterocycles. The number of halogens is 2. The van der Waals surface area contributed by atoms with Crippen LogP contribution in [-0.2, 0) is 6.54 Å². The molecule has 5 heteroatoms. The third kappa shape index (κ3) is 5.38. The van der Waals surface area contributed by atoms with Gasteiger partial charge in [0.2, 0.25) is 0 Å². The SMILES string of the molecule is CC(C)CNCc1cc(F)c(SC(C)C(C)O)c(F)c1. The Morgan fingerprint density at radius 1 is 1.15 bits per heavy atom. The number of aliphatic hydroxyl groups is 1. The molecule has 0 aliphatic heterocycles. The maximum atomic E-state index is 14.0. The van der Waals surface area contributed by atoms with Crippen LogP contribution in [0.1, 0.15) is 33.3 Å². The van der Waals surface area contributed by atoms with E-state index in [2.05, 4.69) is 19.2 Å². The molecule has 0 spiro atoms. The second-order valence-electron chi connectivity index (χ2n) is 5.48. The molecule has 0 aliphatic rings. The van der Waals surface area contributed by atoms with Gasteiger partial charge in [0, 0.05) is 11.8 Å². The second kappa shape index (κ2) is 7.96. The first-order valence-corrected chi connectivity index (χ1v) is 7.72. The standard InChI is InChI=1S/C15H23F2NOS/c1-9(2)7-18-8-12-5-13(16)15(14(17)6-12)20-11(4)10(3)19/h5-6,9-11,18-19H,7-8H2,1-4H3. The number of hydrogen-bond acceptors (Lipinski definition) is 3. The third-order valence-corrected chi connectivity index (χ3v) is 4.31. The molecule has 1 rings (SSSR count). The molecule has 2 N–H and O–H groups in total. The number of thioether (sulfide) groups is 1. The highest BCUT2D eigenvalue weighted by Crippen LogP contribution is 2.31. The lowest BCUT2D eigenvalue weighted by molar-refractivity contribution is 0.196. The van der Waals surface area contributed by atoms with E-state index in [-0.39, 0.29) is 10.1 Å². The summed E-state index contributed by atoms with van der Waals surface area (Å²) in [7, 11) is 0. The number of benzene rings is 1. The van der Waals surface area contributed by atoms with Crippen molar-refractivity contribution in [3.05, 3.63) is 29.3 Å². The molecule has 0 radical (unpaired) electrons. The summed E-state index contributed by atoms with van der Waals surface area (Å²) in [6, 6.07) is 2.71. The van der Waals surface area contributed by atoms with E-state index in [1.165, 1.54) is 12.1 Å². The van der Waals surface area contributed by atoms with E-state index in [0.717, 1.165) is 18.3 Å². The molecule has 1 aromatic carbocycles. The van der Waals surface area contributed by atoms with Crippen molar-refractivity contribution in [3.63, 3.8) is 0 Å². The first-order chi connectivity index (χ1) is 9.31. The zero-order valence-corrected chi connectivity index (χ0v) is 13.2. The molecule has 2 unspecified atom stereocenters. The molecule has 0 heterocycles. The predicted molar refractivity (Wildman–Crippen MR) is 79.9 cm³/mol. The fourth-order valence-corrected chi connectivity index (χ4v) is 2.53. The van der Waals surface area contributed by atoms with Crippen LogP contribution in [0.2, 0.25) is 0 Å². The fourth-order valence-electron chi connectivity index (χ4n) is 1.62. The van der Waals surface area contributed by atoms with E-state index < -0.39 is 17.7 Å². The summed E-state index contributed by atoms with van der Waals surface area (Å²) in [4.78, 5) is -0.0222. The van der Waals surface area contributed by atoms with Crippen LogP contribution in [0, 0.1) is 17.6 Å². The molecule has 0 fully saturated rings. The van der Waals surface area contributed by atoms with Gasteiger partial charge in [-0.1, -0.05) is 20.8 Å².